The Bertz CT molecular complexity index is 3380. The summed E-state index contributed by atoms with van der Waals surface area (Å²) in [6.45, 7) is -0.838. The summed E-state index contributed by atoms with van der Waals surface area (Å²) in [5.74, 6) is -8.06. The molecule has 7 saturated heterocycles. The standard InChI is InChI=1S/C91H162N4O41/c1-6-8-10-12-14-16-18-20-21-22-23-24-25-27-29-31-33-35-37-39-62(108)95-52(53(105)38-36-34-32-30-28-26-19-17-15-13-11-9-7-2)47-123-86-75(118)73(116)80(60(46-101)129-86)133-89-77(120)83(69(112)57(43-98)126-89)135-85-65(94-51(5)104)71(114)79(59(45-100)128-85)132-88-76(119)82(68(111)56(42-97)125-88)134-84-64(93-50(4)103)70(113)78(58(44-99)127-84)131-87-74(117)72(115)67(110)61(130-87)48-124-91(90(121)122)40-54(106)63(92-49(3)102)81(136-91)66(109)55(107)41-96/h36,38,52-61,63-89,96-101,105-107,109-120H,6-35,37,39-48H2,1-5H3,(H,92,102)(H,93,103)(H,94,104)(H,95,108)(H,121,122)/b38-36+/t52-,53+,54?,55+,56?,57?,58?,59?,60?,61?,63+,64?,65?,66+,67-,68-,69-,70+,71+,72-,73+,74?,75?,76?,77?,78+,79+,80+,81?,82-,83-,84-,85-,86+,87-,88-,89-,91+/m0/s1. The minimum Gasteiger partial charge on any atom is -0.477 e. The number of allylic oxidation sites excluding steroid dienone is 1. The van der Waals surface area contributed by atoms with Gasteiger partial charge in [-0.15, -0.1) is 0 Å². The molecule has 136 heavy (non-hydrogen) atoms. The van der Waals surface area contributed by atoms with Gasteiger partial charge in [0.05, 0.1) is 77.1 Å². The van der Waals surface area contributed by atoms with Gasteiger partial charge in [-0.05, 0) is 19.3 Å². The van der Waals surface area contributed by atoms with E-state index >= 15 is 0 Å². The van der Waals surface area contributed by atoms with Crippen LogP contribution in [0.1, 0.15) is 247 Å². The Balaban J connectivity index is 0.980. The summed E-state index contributed by atoms with van der Waals surface area (Å²) in [4.78, 5) is 64.7. The van der Waals surface area contributed by atoms with Crippen LogP contribution in [0, 0.1) is 0 Å². The number of carboxylic acid groups (broad SMARTS) is 1. The quantitative estimate of drug-likeness (QED) is 0.0206. The lowest BCUT2D eigenvalue weighted by molar-refractivity contribution is -0.387. The SMILES string of the molecule is CCCCCCCCCCCCC/C=C/[C@@H](O)[C@H](CO[C@@H]1OC(CO)[C@@H](O[C@@H]2OC(CO)[C@H](O)[C@H](O[C@@H]3OC(CO)[C@@H](O[C@@H]4OC(CO)[C@H](O)[C@H](O[C@@H]5OC(CO)[C@@H](O[C@@H]6OC(CO[C@]7(C(=O)O)CC(O)[C@@H](NC(C)=O)C([C@H](O)[C@H](O)CO)O7)[C@H](O)[C@H](O)C6O)[C@H](O)C5NC(C)=O)C4O)[C@H](O)C3NC(C)=O)C2O)[C@H](O)C1O)NC(=O)CCCCCCCCCCCCCCCCCCCCC. The van der Waals surface area contributed by atoms with Crippen LogP contribution in [0.25, 0.3) is 0 Å². The number of hydrogen-bond donors (Lipinski definition) is 26. The van der Waals surface area contributed by atoms with Gasteiger partial charge in [0.2, 0.25) is 23.6 Å². The van der Waals surface area contributed by atoms with Crippen LogP contribution in [0.4, 0.5) is 0 Å². The number of unbranched alkanes of at least 4 members (excludes halogenated alkanes) is 29. The first kappa shape index (κ1) is 119. The molecule has 7 fully saturated rings. The molecule has 26 N–H and O–H groups in total. The lowest BCUT2D eigenvalue weighted by Crippen LogP contribution is -2.71. The first-order chi connectivity index (χ1) is 65.1. The number of amides is 4. The maximum Gasteiger partial charge on any atom is 0.364 e. The molecule has 0 bridgehead atoms. The molecule has 45 nitrogen and oxygen atoms in total. The van der Waals surface area contributed by atoms with Crippen LogP contribution >= 0.6 is 0 Å². The van der Waals surface area contributed by atoms with E-state index in [9.17, 15) is 136 Å². The van der Waals surface area contributed by atoms with E-state index in [1.54, 1.807) is 6.08 Å². The Hall–Kier alpha value is -4.31. The second-order valence-corrected chi connectivity index (χ2v) is 37.1. The summed E-state index contributed by atoms with van der Waals surface area (Å²) >= 11 is 0. The molecule has 7 aliphatic heterocycles. The summed E-state index contributed by atoms with van der Waals surface area (Å²) in [7, 11) is 0. The Kier molecular flexibility index (Phi) is 53.9. The van der Waals surface area contributed by atoms with Crippen molar-refractivity contribution in [3.05, 3.63) is 12.2 Å². The van der Waals surface area contributed by atoms with E-state index in [0.29, 0.717) is 12.8 Å². The molecule has 0 aromatic heterocycles. The van der Waals surface area contributed by atoms with Crippen LogP contribution < -0.4 is 21.3 Å². The van der Waals surface area contributed by atoms with E-state index in [2.05, 4.69) is 35.1 Å². The van der Waals surface area contributed by atoms with Crippen LogP contribution in [-0.4, -0.2) is 427 Å². The topological polar surface area (TPSA) is 708 Å². The molecule has 0 radical (unpaired) electrons. The van der Waals surface area contributed by atoms with Crippen molar-refractivity contribution in [1.29, 1.82) is 0 Å². The molecule has 14 unspecified atom stereocenters. The molecule has 0 aromatic rings. The molecular formula is C91H162N4O41. The Morgan fingerprint density at radius 1 is 0.390 bits per heavy atom. The third kappa shape index (κ3) is 35.3. The van der Waals surface area contributed by atoms with Crippen LogP contribution in [0.15, 0.2) is 12.2 Å². The highest BCUT2D eigenvalue weighted by Gasteiger charge is 2.61. The summed E-state index contributed by atoms with van der Waals surface area (Å²) in [5, 5.41) is 257. The molecular weight excluding hydrogens is 1800 g/mol. The molecule has 0 spiro atoms. The predicted octanol–water partition coefficient (Wildman–Crippen LogP) is -3.69. The van der Waals surface area contributed by atoms with E-state index in [0.717, 1.165) is 72.1 Å². The molecule has 792 valence electrons. The van der Waals surface area contributed by atoms with Crippen molar-refractivity contribution in [1.82, 2.24) is 21.3 Å². The van der Waals surface area contributed by atoms with Gasteiger partial charge in [-0.1, -0.05) is 206 Å². The molecule has 4 amide bonds. The molecule has 7 heterocycles. The fourth-order valence-corrected chi connectivity index (χ4v) is 18.3. The number of carbonyl (C=O) groups is 5. The third-order valence-corrected chi connectivity index (χ3v) is 26.2. The van der Waals surface area contributed by atoms with Gasteiger partial charge in [0.1, 0.15) is 165 Å². The molecule has 7 rings (SSSR count). The van der Waals surface area contributed by atoms with Crippen molar-refractivity contribution in [2.45, 2.75) is 479 Å². The zero-order chi connectivity index (χ0) is 99.9. The number of rotatable bonds is 63. The van der Waals surface area contributed by atoms with E-state index in [1.807, 2.05) is 6.08 Å². The zero-order valence-corrected chi connectivity index (χ0v) is 79.1. The summed E-state index contributed by atoms with van der Waals surface area (Å²) in [6.07, 6.45) is -28.7. The first-order valence-electron chi connectivity index (χ1n) is 49.1. The maximum absolute atomic E-state index is 13.6. The fraction of sp³-hybridized carbons (Fsp3) is 0.923. The van der Waals surface area contributed by atoms with E-state index in [-0.39, 0.29) is 12.3 Å². The molecule has 45 heteroatoms. The van der Waals surface area contributed by atoms with E-state index < -0.39 is 315 Å². The number of carbonyl (C=O) groups excluding carboxylic acids is 4. The van der Waals surface area contributed by atoms with Gasteiger partial charge in [0.25, 0.3) is 5.79 Å². The molecule has 38 atom stereocenters. The normalized spacial score (nSPS) is 36.6. The highest BCUT2D eigenvalue weighted by Crippen LogP contribution is 2.40. The van der Waals surface area contributed by atoms with E-state index in [1.165, 1.54) is 135 Å². The second-order valence-electron chi connectivity index (χ2n) is 37.1. The van der Waals surface area contributed by atoms with Gasteiger partial charge >= 0.3 is 5.97 Å². The monoisotopic (exact) mass is 1970 g/mol. The van der Waals surface area contributed by atoms with Gasteiger partial charge in [-0.25, -0.2) is 4.79 Å². The first-order valence-corrected chi connectivity index (χ1v) is 49.1. The van der Waals surface area contributed by atoms with Crippen molar-refractivity contribution < 1.29 is 203 Å². The summed E-state index contributed by atoms with van der Waals surface area (Å²) in [6, 6.07) is -6.57. The summed E-state index contributed by atoms with van der Waals surface area (Å²) < 4.78 is 82.8. The number of aliphatic hydroxyl groups excluding tert-OH is 21. The Labute approximate surface area is 794 Å². The van der Waals surface area contributed by atoms with Crippen molar-refractivity contribution in [2.75, 3.05) is 52.9 Å². The van der Waals surface area contributed by atoms with Gasteiger partial charge < -0.3 is 200 Å². The Morgan fingerprint density at radius 3 is 1.14 bits per heavy atom. The summed E-state index contributed by atoms with van der Waals surface area (Å²) in [5.41, 5.74) is 0. The van der Waals surface area contributed by atoms with Crippen molar-refractivity contribution in [2.24, 2.45) is 0 Å². The minimum absolute atomic E-state index is 0.154. The number of nitrogens with one attached hydrogen (secondary N) is 4. The lowest BCUT2D eigenvalue weighted by atomic mass is 9.88. The van der Waals surface area contributed by atoms with E-state index in [4.69, 9.17) is 66.3 Å². The smallest absolute Gasteiger partial charge is 0.364 e. The highest BCUT2D eigenvalue weighted by molar-refractivity contribution is 5.77. The average molecular weight is 1970 g/mol. The van der Waals surface area contributed by atoms with Crippen LogP contribution in [0.3, 0.4) is 0 Å². The molecule has 0 aliphatic carbocycles. The van der Waals surface area contributed by atoms with Crippen molar-refractivity contribution in [3.8, 4) is 0 Å². The van der Waals surface area contributed by atoms with Gasteiger partial charge in [0.15, 0.2) is 37.7 Å². The number of ether oxygens (including phenoxy) is 14. The predicted molar refractivity (Wildman–Crippen MR) is 474 cm³/mol. The van der Waals surface area contributed by atoms with Crippen LogP contribution in [0.2, 0.25) is 0 Å². The largest absolute Gasteiger partial charge is 0.477 e. The fourth-order valence-electron chi connectivity index (χ4n) is 18.3. The van der Waals surface area contributed by atoms with Gasteiger partial charge in [-0.3, -0.25) is 19.2 Å². The highest BCUT2D eigenvalue weighted by atomic mass is 16.8. The van der Waals surface area contributed by atoms with Crippen molar-refractivity contribution in [3.63, 3.8) is 0 Å². The second kappa shape index (κ2) is 61.7. The molecule has 7 aliphatic rings. The van der Waals surface area contributed by atoms with Crippen LogP contribution in [0.5, 0.6) is 0 Å². The Morgan fingerprint density at radius 2 is 0.743 bits per heavy atom. The van der Waals surface area contributed by atoms with Gasteiger partial charge in [0, 0.05) is 33.6 Å². The zero-order valence-electron chi connectivity index (χ0n) is 79.1. The van der Waals surface area contributed by atoms with Crippen LogP contribution in [-0.2, 0) is 90.3 Å². The molecule has 0 aromatic carbocycles. The van der Waals surface area contributed by atoms with Crippen molar-refractivity contribution >= 4 is 29.6 Å². The van der Waals surface area contributed by atoms with Gasteiger partial charge in [-0.2, -0.15) is 0 Å². The number of hydrogen-bond acceptors (Lipinski definition) is 40. The number of aliphatic hydroxyl groups is 21. The third-order valence-electron chi connectivity index (χ3n) is 26.2. The number of aliphatic carboxylic acids is 1. The lowest BCUT2D eigenvalue weighted by Gasteiger charge is -2.51. The molecule has 0 saturated carbocycles. The minimum atomic E-state index is -3.03. The number of carboxylic acids is 1. The maximum atomic E-state index is 13.6. The average Bonchev–Trinajstić information content (AvgIpc) is 0.741.